The minimum atomic E-state index is -0.221. The number of carbonyl (C=O) groups excluding carboxylic acids is 2. The Labute approximate surface area is 84.8 Å². The molecular weight excluding hydrogens is 180 g/mol. The minimum absolute atomic E-state index is 0.0950. The molecule has 2 unspecified atom stereocenters. The molecule has 0 aliphatic heterocycles. The van der Waals surface area contributed by atoms with Crippen molar-refractivity contribution in [1.29, 1.82) is 0 Å². The lowest BCUT2D eigenvalue weighted by Crippen LogP contribution is -2.24. The standard InChI is InChI=1S/C11H18O3/c1-7(2)6-9-8(11(13)14-3)4-5-10(9)12/h7-9H,4-6H2,1-3H3. The molecule has 1 rings (SSSR count). The molecule has 0 aromatic rings. The molecule has 1 aliphatic carbocycles. The first-order valence-electron chi connectivity index (χ1n) is 5.16. The molecule has 1 aliphatic rings. The summed E-state index contributed by atoms with van der Waals surface area (Å²) in [5.74, 6) is 0.183. The van der Waals surface area contributed by atoms with Gasteiger partial charge in [-0.3, -0.25) is 9.59 Å². The molecule has 14 heavy (non-hydrogen) atoms. The van der Waals surface area contributed by atoms with Crippen LogP contribution in [0.3, 0.4) is 0 Å². The number of hydrogen-bond donors (Lipinski definition) is 0. The van der Waals surface area contributed by atoms with Crippen LogP contribution in [0.15, 0.2) is 0 Å². The van der Waals surface area contributed by atoms with Crippen LogP contribution in [0.2, 0.25) is 0 Å². The lowest BCUT2D eigenvalue weighted by Gasteiger charge is -2.17. The van der Waals surface area contributed by atoms with Crippen molar-refractivity contribution in [2.75, 3.05) is 7.11 Å². The summed E-state index contributed by atoms with van der Waals surface area (Å²) >= 11 is 0. The molecule has 1 fully saturated rings. The number of ketones is 1. The highest BCUT2D eigenvalue weighted by Gasteiger charge is 2.39. The number of esters is 1. The Kier molecular flexibility index (Phi) is 3.67. The summed E-state index contributed by atoms with van der Waals surface area (Å²) in [6.07, 6.45) is 2.01. The van der Waals surface area contributed by atoms with E-state index >= 15 is 0 Å². The van der Waals surface area contributed by atoms with Gasteiger partial charge in [0.25, 0.3) is 0 Å². The van der Waals surface area contributed by atoms with E-state index in [0.717, 1.165) is 6.42 Å². The molecule has 3 heteroatoms. The Morgan fingerprint density at radius 1 is 1.57 bits per heavy atom. The summed E-state index contributed by atoms with van der Waals surface area (Å²) in [7, 11) is 1.39. The Morgan fingerprint density at radius 3 is 2.71 bits per heavy atom. The van der Waals surface area contributed by atoms with E-state index in [1.54, 1.807) is 0 Å². The van der Waals surface area contributed by atoms with Crippen LogP contribution < -0.4 is 0 Å². The smallest absolute Gasteiger partial charge is 0.309 e. The predicted molar refractivity (Wildman–Crippen MR) is 52.7 cm³/mol. The second kappa shape index (κ2) is 4.58. The van der Waals surface area contributed by atoms with Gasteiger partial charge in [0, 0.05) is 12.3 Å². The maximum Gasteiger partial charge on any atom is 0.309 e. The average molecular weight is 198 g/mol. The van der Waals surface area contributed by atoms with Gasteiger partial charge >= 0.3 is 5.97 Å². The summed E-state index contributed by atoms with van der Waals surface area (Å²) in [6.45, 7) is 4.14. The second-order valence-corrected chi connectivity index (χ2v) is 4.37. The molecule has 0 saturated heterocycles. The lowest BCUT2D eigenvalue weighted by molar-refractivity contribution is -0.148. The van der Waals surface area contributed by atoms with Crippen molar-refractivity contribution in [1.82, 2.24) is 0 Å². The van der Waals surface area contributed by atoms with E-state index in [9.17, 15) is 9.59 Å². The molecular formula is C11H18O3. The largest absolute Gasteiger partial charge is 0.469 e. The first-order chi connectivity index (χ1) is 6.56. The van der Waals surface area contributed by atoms with E-state index in [0.29, 0.717) is 18.8 Å². The number of hydrogen-bond acceptors (Lipinski definition) is 3. The van der Waals surface area contributed by atoms with Crippen LogP contribution in [0.25, 0.3) is 0 Å². The van der Waals surface area contributed by atoms with Crippen molar-refractivity contribution in [3.63, 3.8) is 0 Å². The van der Waals surface area contributed by atoms with E-state index in [1.807, 2.05) is 0 Å². The van der Waals surface area contributed by atoms with Crippen LogP contribution in [0.5, 0.6) is 0 Å². The van der Waals surface area contributed by atoms with E-state index in [4.69, 9.17) is 4.74 Å². The summed E-state index contributed by atoms with van der Waals surface area (Å²) in [6, 6.07) is 0. The Balaban J connectivity index is 2.66. The third kappa shape index (κ3) is 2.34. The van der Waals surface area contributed by atoms with Gasteiger partial charge in [0.15, 0.2) is 0 Å². The third-order valence-corrected chi connectivity index (χ3v) is 2.83. The fourth-order valence-corrected chi connectivity index (χ4v) is 2.15. The van der Waals surface area contributed by atoms with E-state index < -0.39 is 0 Å². The van der Waals surface area contributed by atoms with Gasteiger partial charge in [-0.1, -0.05) is 13.8 Å². The number of carbonyl (C=O) groups is 2. The summed E-state index contributed by atoms with van der Waals surface area (Å²) in [4.78, 5) is 22.9. The lowest BCUT2D eigenvalue weighted by atomic mass is 9.87. The van der Waals surface area contributed by atoms with Gasteiger partial charge in [-0.25, -0.2) is 0 Å². The molecule has 0 amide bonds. The van der Waals surface area contributed by atoms with Gasteiger partial charge in [-0.15, -0.1) is 0 Å². The molecule has 0 spiro atoms. The molecule has 0 radical (unpaired) electrons. The highest BCUT2D eigenvalue weighted by molar-refractivity contribution is 5.90. The summed E-state index contributed by atoms with van der Waals surface area (Å²) < 4.78 is 4.70. The van der Waals surface area contributed by atoms with Gasteiger partial charge in [-0.05, 0) is 18.8 Å². The van der Waals surface area contributed by atoms with Gasteiger partial charge in [0.05, 0.1) is 13.0 Å². The molecule has 0 aromatic carbocycles. The van der Waals surface area contributed by atoms with Gasteiger partial charge in [0.1, 0.15) is 5.78 Å². The highest BCUT2D eigenvalue weighted by Crippen LogP contribution is 2.34. The fourth-order valence-electron chi connectivity index (χ4n) is 2.15. The van der Waals surface area contributed by atoms with Crippen LogP contribution >= 0.6 is 0 Å². The zero-order valence-electron chi connectivity index (χ0n) is 9.08. The Hall–Kier alpha value is -0.860. The van der Waals surface area contributed by atoms with Crippen LogP contribution in [0.1, 0.15) is 33.1 Å². The van der Waals surface area contributed by atoms with Crippen molar-refractivity contribution in [2.45, 2.75) is 33.1 Å². The first kappa shape index (κ1) is 11.2. The van der Waals surface area contributed by atoms with Crippen LogP contribution in [-0.2, 0) is 14.3 Å². The van der Waals surface area contributed by atoms with Crippen molar-refractivity contribution < 1.29 is 14.3 Å². The van der Waals surface area contributed by atoms with Gasteiger partial charge in [-0.2, -0.15) is 0 Å². The average Bonchev–Trinajstić information content (AvgIpc) is 2.46. The van der Waals surface area contributed by atoms with Crippen molar-refractivity contribution in [3.05, 3.63) is 0 Å². The normalized spacial score (nSPS) is 27.0. The minimum Gasteiger partial charge on any atom is -0.469 e. The second-order valence-electron chi connectivity index (χ2n) is 4.37. The topological polar surface area (TPSA) is 43.4 Å². The maximum absolute atomic E-state index is 11.5. The Bertz CT molecular complexity index is 233. The van der Waals surface area contributed by atoms with Crippen LogP contribution in [-0.4, -0.2) is 18.9 Å². The number of Topliss-reactive ketones (excluding diaryl/α,β-unsaturated/α-hetero) is 1. The number of ether oxygens (including phenoxy) is 1. The zero-order chi connectivity index (χ0) is 10.7. The molecule has 0 bridgehead atoms. The van der Waals surface area contributed by atoms with E-state index in [1.165, 1.54) is 7.11 Å². The monoisotopic (exact) mass is 198 g/mol. The van der Waals surface area contributed by atoms with Crippen LogP contribution in [0.4, 0.5) is 0 Å². The molecule has 2 atom stereocenters. The van der Waals surface area contributed by atoms with Crippen molar-refractivity contribution in [3.8, 4) is 0 Å². The fraction of sp³-hybridized carbons (Fsp3) is 0.818. The molecule has 0 N–H and O–H groups in total. The van der Waals surface area contributed by atoms with Crippen LogP contribution in [0, 0.1) is 17.8 Å². The summed E-state index contributed by atoms with van der Waals surface area (Å²) in [5, 5.41) is 0. The maximum atomic E-state index is 11.5. The third-order valence-electron chi connectivity index (χ3n) is 2.83. The van der Waals surface area contributed by atoms with E-state index in [2.05, 4.69) is 13.8 Å². The summed E-state index contributed by atoms with van der Waals surface area (Å²) in [5.41, 5.74) is 0. The molecule has 3 nitrogen and oxygen atoms in total. The molecule has 0 heterocycles. The number of rotatable bonds is 3. The van der Waals surface area contributed by atoms with Gasteiger partial charge < -0.3 is 4.74 Å². The van der Waals surface area contributed by atoms with Crippen molar-refractivity contribution in [2.24, 2.45) is 17.8 Å². The zero-order valence-corrected chi connectivity index (χ0v) is 9.08. The predicted octanol–water partition coefficient (Wildman–Crippen LogP) is 1.80. The first-order valence-corrected chi connectivity index (χ1v) is 5.16. The van der Waals surface area contributed by atoms with Gasteiger partial charge in [0.2, 0.25) is 0 Å². The van der Waals surface area contributed by atoms with E-state index in [-0.39, 0.29) is 23.6 Å². The SMILES string of the molecule is COC(=O)C1CCC(=O)C1CC(C)C. The number of methoxy groups -OCH3 is 1. The molecule has 1 saturated carbocycles. The van der Waals surface area contributed by atoms with Crippen molar-refractivity contribution >= 4 is 11.8 Å². The Morgan fingerprint density at radius 2 is 2.21 bits per heavy atom. The molecule has 0 aromatic heterocycles. The highest BCUT2D eigenvalue weighted by atomic mass is 16.5. The molecule has 80 valence electrons. The quantitative estimate of drug-likeness (QED) is 0.649.